The Balaban J connectivity index is 2.10. The topological polar surface area (TPSA) is 81.2 Å². The Kier molecular flexibility index (Phi) is 4.61. The van der Waals surface area contributed by atoms with Gasteiger partial charge < -0.3 is 10.1 Å². The highest BCUT2D eigenvalue weighted by atomic mass is 16.5. The Morgan fingerprint density at radius 3 is 2.52 bits per heavy atom. The van der Waals surface area contributed by atoms with Gasteiger partial charge in [-0.25, -0.2) is 9.97 Å². The minimum atomic E-state index is -0.367. The first-order valence-corrected chi connectivity index (χ1v) is 6.47. The molecule has 0 spiro atoms. The number of Topliss-reactive ketones (excluding diaryl/α,β-unsaturated/α-hetero) is 1. The predicted molar refractivity (Wildman–Crippen MR) is 77.6 cm³/mol. The normalized spacial score (nSPS) is 10.0. The molecule has 0 saturated heterocycles. The third-order valence-electron chi connectivity index (χ3n) is 2.72. The van der Waals surface area contributed by atoms with Crippen LogP contribution in [0.5, 0.6) is 5.88 Å². The van der Waals surface area contributed by atoms with E-state index in [9.17, 15) is 9.59 Å². The Morgan fingerprint density at radius 2 is 1.90 bits per heavy atom. The van der Waals surface area contributed by atoms with Crippen LogP contribution in [0.4, 0.5) is 5.69 Å². The van der Waals surface area contributed by atoms with Crippen LogP contribution in [0, 0.1) is 0 Å². The summed E-state index contributed by atoms with van der Waals surface area (Å²) in [5, 5.41) is 2.70. The van der Waals surface area contributed by atoms with Crippen molar-refractivity contribution in [1.82, 2.24) is 9.97 Å². The number of nitrogens with one attached hydrogen (secondary N) is 1. The van der Waals surface area contributed by atoms with Gasteiger partial charge in [-0.3, -0.25) is 9.59 Å². The molecule has 2 rings (SSSR count). The molecule has 0 saturated carbocycles. The lowest BCUT2D eigenvalue weighted by Gasteiger charge is -2.06. The molecule has 1 amide bonds. The van der Waals surface area contributed by atoms with Crippen LogP contribution < -0.4 is 10.1 Å². The van der Waals surface area contributed by atoms with Crippen molar-refractivity contribution in [3.8, 4) is 5.88 Å². The van der Waals surface area contributed by atoms with Gasteiger partial charge >= 0.3 is 0 Å². The number of nitrogens with zero attached hydrogens (tertiary/aromatic N) is 2. The first kappa shape index (κ1) is 14.6. The largest absolute Gasteiger partial charge is 0.478 e. The molecule has 6 heteroatoms. The number of hydrogen-bond acceptors (Lipinski definition) is 5. The van der Waals surface area contributed by atoms with Crippen LogP contribution in [0.1, 0.15) is 34.7 Å². The van der Waals surface area contributed by atoms with E-state index < -0.39 is 0 Å². The zero-order valence-corrected chi connectivity index (χ0v) is 11.8. The van der Waals surface area contributed by atoms with Gasteiger partial charge in [0.25, 0.3) is 5.91 Å². The van der Waals surface area contributed by atoms with E-state index in [1.807, 2.05) is 6.92 Å². The van der Waals surface area contributed by atoms with E-state index in [1.54, 1.807) is 24.3 Å². The van der Waals surface area contributed by atoms with E-state index in [4.69, 9.17) is 4.74 Å². The quantitative estimate of drug-likeness (QED) is 0.853. The molecule has 108 valence electrons. The standard InChI is InChI=1S/C15H15N3O3/c1-3-21-14-8-13(16-9-17-14)15(20)18-12-6-4-11(5-7-12)10(2)19/h4-9H,3H2,1-2H3,(H,18,20). The summed E-state index contributed by atoms with van der Waals surface area (Å²) < 4.78 is 5.22. The van der Waals surface area contributed by atoms with Gasteiger partial charge in [0.1, 0.15) is 12.0 Å². The number of rotatable bonds is 5. The van der Waals surface area contributed by atoms with Crippen LogP contribution >= 0.6 is 0 Å². The average molecular weight is 285 g/mol. The lowest BCUT2D eigenvalue weighted by molar-refractivity contribution is 0.101. The maximum absolute atomic E-state index is 12.1. The van der Waals surface area contributed by atoms with E-state index in [0.29, 0.717) is 23.7 Å². The smallest absolute Gasteiger partial charge is 0.274 e. The molecule has 1 N–H and O–H groups in total. The molecule has 21 heavy (non-hydrogen) atoms. The van der Waals surface area contributed by atoms with Crippen molar-refractivity contribution in [3.05, 3.63) is 47.9 Å². The van der Waals surface area contributed by atoms with Crippen LogP contribution in [0.15, 0.2) is 36.7 Å². The lowest BCUT2D eigenvalue weighted by Crippen LogP contribution is -2.14. The summed E-state index contributed by atoms with van der Waals surface area (Å²) in [7, 11) is 0. The molecule has 1 heterocycles. The number of carbonyl (C=O) groups excluding carboxylic acids is 2. The number of ether oxygens (including phenoxy) is 1. The summed E-state index contributed by atoms with van der Waals surface area (Å²) in [6.45, 7) is 3.78. The van der Waals surface area contributed by atoms with E-state index in [2.05, 4.69) is 15.3 Å². The van der Waals surface area contributed by atoms with Gasteiger partial charge in [-0.15, -0.1) is 0 Å². The maximum Gasteiger partial charge on any atom is 0.274 e. The number of carbonyl (C=O) groups is 2. The van der Waals surface area contributed by atoms with Crippen molar-refractivity contribution < 1.29 is 14.3 Å². The fourth-order valence-corrected chi connectivity index (χ4v) is 1.67. The molecule has 0 aliphatic heterocycles. The number of hydrogen-bond donors (Lipinski definition) is 1. The number of amides is 1. The SMILES string of the molecule is CCOc1cc(C(=O)Nc2ccc(C(C)=O)cc2)ncn1. The molecule has 0 fully saturated rings. The number of anilines is 1. The monoisotopic (exact) mass is 285 g/mol. The van der Waals surface area contributed by atoms with Gasteiger partial charge in [0.05, 0.1) is 6.61 Å². The second-order valence-corrected chi connectivity index (χ2v) is 4.26. The highest BCUT2D eigenvalue weighted by Crippen LogP contribution is 2.12. The second kappa shape index (κ2) is 6.60. The van der Waals surface area contributed by atoms with E-state index in [1.165, 1.54) is 19.3 Å². The minimum absolute atomic E-state index is 0.0231. The van der Waals surface area contributed by atoms with Crippen molar-refractivity contribution in [2.24, 2.45) is 0 Å². The molecular weight excluding hydrogens is 270 g/mol. The fraction of sp³-hybridized carbons (Fsp3) is 0.200. The Bertz CT molecular complexity index is 653. The molecule has 0 aliphatic rings. The highest BCUT2D eigenvalue weighted by Gasteiger charge is 2.10. The predicted octanol–water partition coefficient (Wildman–Crippen LogP) is 2.33. The average Bonchev–Trinajstić information content (AvgIpc) is 2.48. The molecule has 0 unspecified atom stereocenters. The van der Waals surface area contributed by atoms with Crippen molar-refractivity contribution in [2.45, 2.75) is 13.8 Å². The first-order valence-electron chi connectivity index (χ1n) is 6.47. The minimum Gasteiger partial charge on any atom is -0.478 e. The summed E-state index contributed by atoms with van der Waals surface area (Å²) in [5.41, 5.74) is 1.39. The van der Waals surface area contributed by atoms with Gasteiger partial charge in [-0.2, -0.15) is 0 Å². The number of benzene rings is 1. The van der Waals surface area contributed by atoms with Gasteiger partial charge in [0, 0.05) is 17.3 Å². The number of ketones is 1. The Labute approximate surface area is 122 Å². The second-order valence-electron chi connectivity index (χ2n) is 4.26. The van der Waals surface area contributed by atoms with Crippen LogP contribution in [-0.4, -0.2) is 28.3 Å². The zero-order valence-electron chi connectivity index (χ0n) is 11.8. The molecule has 0 bridgehead atoms. The third kappa shape index (κ3) is 3.85. The van der Waals surface area contributed by atoms with Gasteiger partial charge in [-0.05, 0) is 38.1 Å². The summed E-state index contributed by atoms with van der Waals surface area (Å²) in [4.78, 5) is 31.1. The molecule has 6 nitrogen and oxygen atoms in total. The van der Waals surface area contributed by atoms with Crippen molar-refractivity contribution in [1.29, 1.82) is 0 Å². The summed E-state index contributed by atoms with van der Waals surface area (Å²) in [5.74, 6) is -0.0384. The Morgan fingerprint density at radius 1 is 1.19 bits per heavy atom. The fourth-order valence-electron chi connectivity index (χ4n) is 1.67. The molecular formula is C15H15N3O3. The van der Waals surface area contributed by atoms with Crippen LogP contribution in [-0.2, 0) is 0 Å². The third-order valence-corrected chi connectivity index (χ3v) is 2.72. The summed E-state index contributed by atoms with van der Waals surface area (Å²) >= 11 is 0. The van der Waals surface area contributed by atoms with Gasteiger partial charge in [0.15, 0.2) is 5.78 Å². The first-order chi connectivity index (χ1) is 10.1. The number of aromatic nitrogens is 2. The summed E-state index contributed by atoms with van der Waals surface area (Å²) in [6.07, 6.45) is 1.28. The van der Waals surface area contributed by atoms with Crippen LogP contribution in [0.3, 0.4) is 0 Å². The van der Waals surface area contributed by atoms with Crippen LogP contribution in [0.25, 0.3) is 0 Å². The van der Waals surface area contributed by atoms with Crippen molar-refractivity contribution >= 4 is 17.4 Å². The molecule has 0 atom stereocenters. The van der Waals surface area contributed by atoms with Gasteiger partial charge in [-0.1, -0.05) is 0 Å². The molecule has 1 aromatic carbocycles. The zero-order chi connectivity index (χ0) is 15.2. The van der Waals surface area contributed by atoms with Crippen molar-refractivity contribution in [2.75, 3.05) is 11.9 Å². The van der Waals surface area contributed by atoms with Gasteiger partial charge in [0.2, 0.25) is 5.88 Å². The molecule has 2 aromatic rings. The van der Waals surface area contributed by atoms with Crippen LogP contribution in [0.2, 0.25) is 0 Å². The van der Waals surface area contributed by atoms with E-state index >= 15 is 0 Å². The maximum atomic E-state index is 12.1. The van der Waals surface area contributed by atoms with E-state index in [0.717, 1.165) is 0 Å². The lowest BCUT2D eigenvalue weighted by atomic mass is 10.1. The Hall–Kier alpha value is -2.76. The summed E-state index contributed by atoms with van der Waals surface area (Å²) in [6, 6.07) is 8.12. The molecule has 1 aromatic heterocycles. The molecule has 0 aliphatic carbocycles. The van der Waals surface area contributed by atoms with Crippen molar-refractivity contribution in [3.63, 3.8) is 0 Å². The highest BCUT2D eigenvalue weighted by molar-refractivity contribution is 6.03. The molecule has 0 radical (unpaired) electrons. The van der Waals surface area contributed by atoms with E-state index in [-0.39, 0.29) is 17.4 Å².